The van der Waals surface area contributed by atoms with Crippen LogP contribution in [0.25, 0.3) is 0 Å². The van der Waals surface area contributed by atoms with Crippen molar-refractivity contribution in [2.24, 2.45) is 11.8 Å². The topological polar surface area (TPSA) is 103 Å². The molecule has 0 radical (unpaired) electrons. The number of morpholine rings is 1. The number of piperidine rings is 1. The number of anilines is 1. The predicted octanol–water partition coefficient (Wildman–Crippen LogP) is 2.21. The Morgan fingerprint density at radius 2 is 1.71 bits per heavy atom. The van der Waals surface area contributed by atoms with Crippen LogP contribution in [0.5, 0.6) is 0 Å². The van der Waals surface area contributed by atoms with Crippen molar-refractivity contribution < 1.29 is 17.9 Å². The Labute approximate surface area is 203 Å². The molecule has 34 heavy (non-hydrogen) atoms. The molecule has 186 valence electrons. The Balaban J connectivity index is 1.35. The van der Waals surface area contributed by atoms with E-state index in [1.54, 1.807) is 12.1 Å². The number of nitriles is 1. The lowest BCUT2D eigenvalue weighted by atomic mass is 9.80. The predicted molar refractivity (Wildman–Crippen MR) is 130 cm³/mol. The highest BCUT2D eigenvalue weighted by Gasteiger charge is 2.34. The van der Waals surface area contributed by atoms with Crippen molar-refractivity contribution in [2.75, 3.05) is 56.6 Å². The number of hydrogen-bond acceptors (Lipinski definition) is 7. The van der Waals surface area contributed by atoms with Crippen LogP contribution < -0.4 is 10.2 Å². The van der Waals surface area contributed by atoms with Crippen LogP contribution in [-0.2, 0) is 19.4 Å². The van der Waals surface area contributed by atoms with Gasteiger partial charge in [0.15, 0.2) is 9.84 Å². The molecule has 1 N–H and O–H groups in total. The maximum Gasteiger partial charge on any atom is 0.224 e. The Hall–Kier alpha value is -2.15. The Bertz CT molecular complexity index is 962. The van der Waals surface area contributed by atoms with Crippen LogP contribution in [0.15, 0.2) is 29.2 Å². The molecule has 2 saturated heterocycles. The van der Waals surface area contributed by atoms with Gasteiger partial charge in [0.1, 0.15) is 6.54 Å². The van der Waals surface area contributed by atoms with Crippen LogP contribution in [0.2, 0.25) is 0 Å². The largest absolute Gasteiger partial charge is 0.379 e. The number of benzene rings is 1. The minimum Gasteiger partial charge on any atom is -0.379 e. The fourth-order valence-corrected chi connectivity index (χ4v) is 7.39. The highest BCUT2D eigenvalue weighted by molar-refractivity contribution is 7.91. The molecule has 0 aromatic heterocycles. The van der Waals surface area contributed by atoms with E-state index >= 15 is 0 Å². The van der Waals surface area contributed by atoms with Crippen LogP contribution in [0.4, 0.5) is 5.69 Å². The van der Waals surface area contributed by atoms with Gasteiger partial charge in [-0.1, -0.05) is 12.8 Å². The van der Waals surface area contributed by atoms with Crippen molar-refractivity contribution in [3.8, 4) is 6.07 Å². The number of nitrogens with zero attached hydrogens (tertiary/aromatic N) is 3. The summed E-state index contributed by atoms with van der Waals surface area (Å²) in [7, 11) is -3.50. The van der Waals surface area contributed by atoms with E-state index in [1.807, 2.05) is 18.2 Å². The molecule has 8 nitrogen and oxygen atoms in total. The maximum absolute atomic E-state index is 13.2. The minimum atomic E-state index is -3.50. The molecule has 0 unspecified atom stereocenters. The van der Waals surface area contributed by atoms with Crippen LogP contribution in [0, 0.1) is 23.2 Å². The first-order chi connectivity index (χ1) is 16.5. The molecule has 1 saturated carbocycles. The lowest BCUT2D eigenvalue weighted by Crippen LogP contribution is -2.49. The van der Waals surface area contributed by atoms with Gasteiger partial charge in [0.25, 0.3) is 0 Å². The van der Waals surface area contributed by atoms with Gasteiger partial charge in [-0.3, -0.25) is 9.69 Å². The second-order valence-electron chi connectivity index (χ2n) is 9.67. The van der Waals surface area contributed by atoms with E-state index in [0.717, 1.165) is 77.2 Å². The normalized spacial score (nSPS) is 25.0. The Morgan fingerprint density at radius 3 is 2.38 bits per heavy atom. The van der Waals surface area contributed by atoms with Gasteiger partial charge < -0.3 is 15.0 Å². The first-order valence-electron chi connectivity index (χ1n) is 12.5. The van der Waals surface area contributed by atoms with Gasteiger partial charge in [0.05, 0.1) is 29.9 Å². The molecule has 1 amide bonds. The molecule has 3 fully saturated rings. The van der Waals surface area contributed by atoms with Gasteiger partial charge in [-0.2, -0.15) is 5.26 Å². The molecule has 2 aliphatic heterocycles. The summed E-state index contributed by atoms with van der Waals surface area (Å²) in [5, 5.41) is 11.3. The van der Waals surface area contributed by atoms with Crippen LogP contribution in [0.3, 0.4) is 0 Å². The summed E-state index contributed by atoms with van der Waals surface area (Å²) in [6.45, 7) is 5.56. The third kappa shape index (κ3) is 6.09. The van der Waals surface area contributed by atoms with Crippen molar-refractivity contribution in [3.63, 3.8) is 0 Å². The maximum atomic E-state index is 13.2. The number of carbonyl (C=O) groups is 1. The smallest absolute Gasteiger partial charge is 0.224 e. The number of sulfone groups is 1. The summed E-state index contributed by atoms with van der Waals surface area (Å²) >= 11 is 0. The van der Waals surface area contributed by atoms with Gasteiger partial charge >= 0.3 is 0 Å². The molecule has 0 bridgehead atoms. The number of amides is 1. The number of nitrogens with one attached hydrogen (secondary N) is 1. The molecule has 3 aliphatic rings. The number of rotatable bonds is 7. The monoisotopic (exact) mass is 488 g/mol. The van der Waals surface area contributed by atoms with Crippen molar-refractivity contribution in [1.29, 1.82) is 5.26 Å². The standard InChI is InChI=1S/C25H36N4O4S/c26-11-12-27-25(30)24-4-2-1-3-20(24)19-34(31,32)23-7-5-21(6-8-23)28-13-9-22(10-14-28)29-15-17-33-18-16-29/h5-8,20,22,24H,1-4,9-10,12-19H2,(H,27,30)/t20-,24+/m0/s1. The second-order valence-corrected chi connectivity index (χ2v) is 11.7. The molecule has 1 aliphatic carbocycles. The van der Waals surface area contributed by atoms with Crippen molar-refractivity contribution in [3.05, 3.63) is 24.3 Å². The van der Waals surface area contributed by atoms with Gasteiger partial charge in [-0.15, -0.1) is 0 Å². The average Bonchev–Trinajstić information content (AvgIpc) is 2.88. The fraction of sp³-hybridized carbons (Fsp3) is 0.680. The average molecular weight is 489 g/mol. The highest BCUT2D eigenvalue weighted by atomic mass is 32.2. The first-order valence-corrected chi connectivity index (χ1v) is 14.2. The number of carbonyl (C=O) groups excluding carboxylic acids is 1. The summed E-state index contributed by atoms with van der Waals surface area (Å²) in [4.78, 5) is 17.7. The van der Waals surface area contributed by atoms with E-state index in [2.05, 4.69) is 15.1 Å². The van der Waals surface area contributed by atoms with Crippen molar-refractivity contribution >= 4 is 21.4 Å². The molecular weight excluding hydrogens is 452 g/mol. The molecule has 2 heterocycles. The number of ether oxygens (including phenoxy) is 1. The fourth-order valence-electron chi connectivity index (χ4n) is 5.68. The molecule has 2 atom stereocenters. The summed E-state index contributed by atoms with van der Waals surface area (Å²) in [5.41, 5.74) is 1.06. The summed E-state index contributed by atoms with van der Waals surface area (Å²) in [6.07, 6.45) is 5.46. The minimum absolute atomic E-state index is 0.0259. The van der Waals surface area contributed by atoms with Gasteiger partial charge in [0, 0.05) is 43.8 Å². The van der Waals surface area contributed by atoms with Crippen LogP contribution in [0.1, 0.15) is 38.5 Å². The second kappa shape index (κ2) is 11.5. The van der Waals surface area contributed by atoms with E-state index < -0.39 is 9.84 Å². The molecule has 9 heteroatoms. The van der Waals surface area contributed by atoms with E-state index in [1.165, 1.54) is 0 Å². The van der Waals surface area contributed by atoms with Crippen LogP contribution >= 0.6 is 0 Å². The van der Waals surface area contributed by atoms with Crippen molar-refractivity contribution in [2.45, 2.75) is 49.5 Å². The van der Waals surface area contributed by atoms with Gasteiger partial charge in [0.2, 0.25) is 5.91 Å². The number of hydrogen-bond donors (Lipinski definition) is 1. The zero-order valence-corrected chi connectivity index (χ0v) is 20.6. The Kier molecular flexibility index (Phi) is 8.46. The molecular formula is C25H36N4O4S. The zero-order valence-electron chi connectivity index (χ0n) is 19.8. The first kappa shape index (κ1) is 25.0. The summed E-state index contributed by atoms with van der Waals surface area (Å²) < 4.78 is 31.8. The third-order valence-electron chi connectivity index (χ3n) is 7.61. The SMILES string of the molecule is N#CCNC(=O)[C@@H]1CCCC[C@H]1CS(=O)(=O)c1ccc(N2CCC(N3CCOCC3)CC2)cc1. The molecule has 4 rings (SSSR count). The lowest BCUT2D eigenvalue weighted by Gasteiger charge is -2.40. The van der Waals surface area contributed by atoms with E-state index in [0.29, 0.717) is 17.4 Å². The third-order valence-corrected chi connectivity index (χ3v) is 9.47. The van der Waals surface area contributed by atoms with Crippen LogP contribution in [-0.4, -0.2) is 77.0 Å². The summed E-state index contributed by atoms with van der Waals surface area (Å²) in [6, 6.07) is 9.78. The zero-order chi connectivity index (χ0) is 24.0. The van der Waals surface area contributed by atoms with E-state index in [4.69, 9.17) is 10.00 Å². The molecule has 1 aromatic carbocycles. The van der Waals surface area contributed by atoms with Gasteiger partial charge in [-0.05, 0) is 55.9 Å². The highest BCUT2D eigenvalue weighted by Crippen LogP contribution is 2.33. The Morgan fingerprint density at radius 1 is 1.03 bits per heavy atom. The lowest BCUT2D eigenvalue weighted by molar-refractivity contribution is -0.127. The summed E-state index contributed by atoms with van der Waals surface area (Å²) in [5.74, 6) is -0.778. The molecule has 1 aromatic rings. The van der Waals surface area contributed by atoms with E-state index in [9.17, 15) is 13.2 Å². The molecule has 0 spiro atoms. The quantitative estimate of drug-likeness (QED) is 0.587. The van der Waals surface area contributed by atoms with Gasteiger partial charge in [-0.25, -0.2) is 8.42 Å². The van der Waals surface area contributed by atoms with Crippen molar-refractivity contribution in [1.82, 2.24) is 10.2 Å². The van der Waals surface area contributed by atoms with E-state index in [-0.39, 0.29) is 30.0 Å².